The standard InChI is InChI=1S/C6H14BrN/c1-2-6(7)4-3-5-8/h6H,2-5,8H2,1H3. The molecule has 1 unspecified atom stereocenters. The number of hydrogen-bond acceptors (Lipinski definition) is 1. The first kappa shape index (κ1) is 8.44. The van der Waals surface area contributed by atoms with Gasteiger partial charge in [-0.25, -0.2) is 0 Å². The smallest absolute Gasteiger partial charge is 0.0143 e. The first-order valence-corrected chi connectivity index (χ1v) is 4.07. The molecule has 0 aliphatic carbocycles. The fourth-order valence-electron chi connectivity index (χ4n) is 0.543. The van der Waals surface area contributed by atoms with E-state index in [0.29, 0.717) is 4.83 Å². The van der Waals surface area contributed by atoms with E-state index >= 15 is 0 Å². The fourth-order valence-corrected chi connectivity index (χ4v) is 0.867. The predicted octanol–water partition coefficient (Wildman–Crippen LogP) is 1.90. The highest BCUT2D eigenvalue weighted by molar-refractivity contribution is 9.09. The van der Waals surface area contributed by atoms with Crippen molar-refractivity contribution in [2.24, 2.45) is 5.73 Å². The van der Waals surface area contributed by atoms with Gasteiger partial charge in [-0.05, 0) is 25.8 Å². The molecule has 0 radical (unpaired) electrons. The monoisotopic (exact) mass is 179 g/mol. The summed E-state index contributed by atoms with van der Waals surface area (Å²) in [5.74, 6) is 0. The minimum Gasteiger partial charge on any atom is -0.330 e. The molecule has 1 atom stereocenters. The van der Waals surface area contributed by atoms with Crippen LogP contribution in [0.3, 0.4) is 0 Å². The van der Waals surface area contributed by atoms with Crippen molar-refractivity contribution < 1.29 is 0 Å². The molecule has 0 aromatic carbocycles. The molecule has 0 aliphatic rings. The Hall–Kier alpha value is 0.440. The summed E-state index contributed by atoms with van der Waals surface area (Å²) in [5.41, 5.74) is 5.31. The Balaban J connectivity index is 2.86. The third-order valence-electron chi connectivity index (χ3n) is 1.16. The summed E-state index contributed by atoms with van der Waals surface area (Å²) in [6, 6.07) is 0. The van der Waals surface area contributed by atoms with Gasteiger partial charge in [-0.15, -0.1) is 0 Å². The van der Waals surface area contributed by atoms with E-state index in [1.54, 1.807) is 0 Å². The van der Waals surface area contributed by atoms with E-state index in [1.165, 1.54) is 12.8 Å². The van der Waals surface area contributed by atoms with Gasteiger partial charge in [0.05, 0.1) is 0 Å². The van der Waals surface area contributed by atoms with Crippen molar-refractivity contribution in [1.29, 1.82) is 0 Å². The van der Waals surface area contributed by atoms with Crippen LogP contribution >= 0.6 is 15.9 Å². The highest BCUT2D eigenvalue weighted by Crippen LogP contribution is 2.10. The lowest BCUT2D eigenvalue weighted by atomic mass is 10.2. The zero-order valence-electron chi connectivity index (χ0n) is 5.36. The molecule has 0 aromatic rings. The van der Waals surface area contributed by atoms with E-state index in [4.69, 9.17) is 5.73 Å². The van der Waals surface area contributed by atoms with Crippen LogP contribution in [0.5, 0.6) is 0 Å². The minimum atomic E-state index is 0.686. The van der Waals surface area contributed by atoms with Gasteiger partial charge in [0.2, 0.25) is 0 Å². The predicted molar refractivity (Wildman–Crippen MR) is 41.3 cm³/mol. The molecule has 0 saturated carbocycles. The Bertz CT molecular complexity index is 47.8. The van der Waals surface area contributed by atoms with Gasteiger partial charge in [0.1, 0.15) is 0 Å². The first-order chi connectivity index (χ1) is 3.81. The molecule has 0 fully saturated rings. The van der Waals surface area contributed by atoms with Crippen LogP contribution < -0.4 is 5.73 Å². The van der Waals surface area contributed by atoms with Crippen LogP contribution in [0.1, 0.15) is 26.2 Å². The van der Waals surface area contributed by atoms with Gasteiger partial charge >= 0.3 is 0 Å². The van der Waals surface area contributed by atoms with Crippen molar-refractivity contribution in [3.05, 3.63) is 0 Å². The molecule has 2 heteroatoms. The number of hydrogen-bond donors (Lipinski definition) is 1. The van der Waals surface area contributed by atoms with Crippen LogP contribution in [0.25, 0.3) is 0 Å². The van der Waals surface area contributed by atoms with Crippen molar-refractivity contribution in [3.63, 3.8) is 0 Å². The average molecular weight is 180 g/mol. The molecular weight excluding hydrogens is 166 g/mol. The van der Waals surface area contributed by atoms with E-state index in [9.17, 15) is 0 Å². The zero-order valence-corrected chi connectivity index (χ0v) is 6.95. The summed E-state index contributed by atoms with van der Waals surface area (Å²) < 4.78 is 0. The second-order valence-electron chi connectivity index (χ2n) is 1.94. The highest BCUT2D eigenvalue weighted by Gasteiger charge is 1.96. The first-order valence-electron chi connectivity index (χ1n) is 3.15. The molecule has 0 bridgehead atoms. The summed E-state index contributed by atoms with van der Waals surface area (Å²) >= 11 is 3.52. The maximum atomic E-state index is 5.31. The summed E-state index contributed by atoms with van der Waals surface area (Å²) in [6.45, 7) is 3.00. The third-order valence-corrected chi connectivity index (χ3v) is 2.27. The minimum absolute atomic E-state index is 0.686. The van der Waals surface area contributed by atoms with Crippen molar-refractivity contribution >= 4 is 15.9 Å². The summed E-state index contributed by atoms with van der Waals surface area (Å²) in [7, 11) is 0. The largest absolute Gasteiger partial charge is 0.330 e. The molecule has 8 heavy (non-hydrogen) atoms. The van der Waals surface area contributed by atoms with Crippen molar-refractivity contribution in [1.82, 2.24) is 0 Å². The van der Waals surface area contributed by atoms with E-state index < -0.39 is 0 Å². The normalized spacial score (nSPS) is 13.9. The number of alkyl halides is 1. The average Bonchev–Trinajstić information content (AvgIpc) is 1.83. The van der Waals surface area contributed by atoms with Gasteiger partial charge < -0.3 is 5.73 Å². The molecule has 50 valence electrons. The Morgan fingerprint density at radius 1 is 1.62 bits per heavy atom. The van der Waals surface area contributed by atoms with Crippen LogP contribution in [-0.4, -0.2) is 11.4 Å². The van der Waals surface area contributed by atoms with Crippen LogP contribution in [0.15, 0.2) is 0 Å². The second-order valence-corrected chi connectivity index (χ2v) is 3.23. The highest BCUT2D eigenvalue weighted by atomic mass is 79.9. The third kappa shape index (κ3) is 4.60. The molecule has 0 amide bonds. The quantitative estimate of drug-likeness (QED) is 0.657. The number of halogens is 1. The number of rotatable bonds is 4. The van der Waals surface area contributed by atoms with E-state index in [2.05, 4.69) is 22.9 Å². The topological polar surface area (TPSA) is 26.0 Å². The van der Waals surface area contributed by atoms with Gasteiger partial charge in [0.25, 0.3) is 0 Å². The molecule has 0 saturated heterocycles. The van der Waals surface area contributed by atoms with Crippen molar-refractivity contribution in [2.45, 2.75) is 31.0 Å². The lowest BCUT2D eigenvalue weighted by Gasteiger charge is -2.02. The Kier molecular flexibility index (Phi) is 5.88. The fraction of sp³-hybridized carbons (Fsp3) is 1.00. The summed E-state index contributed by atoms with van der Waals surface area (Å²) in [4.78, 5) is 0.686. The molecule has 0 aromatic heterocycles. The van der Waals surface area contributed by atoms with Crippen molar-refractivity contribution in [2.75, 3.05) is 6.54 Å². The molecule has 0 spiro atoms. The maximum absolute atomic E-state index is 5.31. The SMILES string of the molecule is CCC(Br)CCCN. The van der Waals surface area contributed by atoms with Crippen molar-refractivity contribution in [3.8, 4) is 0 Å². The van der Waals surface area contributed by atoms with Crippen LogP contribution in [0, 0.1) is 0 Å². The van der Waals surface area contributed by atoms with Gasteiger partial charge in [0.15, 0.2) is 0 Å². The summed E-state index contributed by atoms with van der Waals surface area (Å²) in [6.07, 6.45) is 3.57. The van der Waals surface area contributed by atoms with Gasteiger partial charge in [-0.1, -0.05) is 22.9 Å². The molecule has 2 N–H and O–H groups in total. The lowest BCUT2D eigenvalue weighted by Crippen LogP contribution is -2.02. The number of nitrogens with two attached hydrogens (primary N) is 1. The van der Waals surface area contributed by atoms with E-state index in [1.807, 2.05) is 0 Å². The Labute approximate surface area is 59.8 Å². The molecule has 0 heterocycles. The Morgan fingerprint density at radius 3 is 2.62 bits per heavy atom. The summed E-state index contributed by atoms with van der Waals surface area (Å²) in [5, 5.41) is 0. The molecule has 0 aliphatic heterocycles. The van der Waals surface area contributed by atoms with E-state index in [-0.39, 0.29) is 0 Å². The lowest BCUT2D eigenvalue weighted by molar-refractivity contribution is 0.698. The molecular formula is C6H14BrN. The Morgan fingerprint density at radius 2 is 2.25 bits per heavy atom. The van der Waals surface area contributed by atoms with Crippen LogP contribution in [0.2, 0.25) is 0 Å². The van der Waals surface area contributed by atoms with Crippen LogP contribution in [0.4, 0.5) is 0 Å². The molecule has 1 nitrogen and oxygen atoms in total. The maximum Gasteiger partial charge on any atom is 0.0143 e. The molecule has 0 rings (SSSR count). The van der Waals surface area contributed by atoms with Crippen LogP contribution in [-0.2, 0) is 0 Å². The second kappa shape index (κ2) is 5.57. The zero-order chi connectivity index (χ0) is 6.41. The van der Waals surface area contributed by atoms with E-state index in [0.717, 1.165) is 13.0 Å². The van der Waals surface area contributed by atoms with Gasteiger partial charge in [-0.2, -0.15) is 0 Å². The van der Waals surface area contributed by atoms with Gasteiger partial charge in [0, 0.05) is 4.83 Å². The van der Waals surface area contributed by atoms with Gasteiger partial charge in [-0.3, -0.25) is 0 Å².